The summed E-state index contributed by atoms with van der Waals surface area (Å²) in [5, 5.41) is 8.05. The summed E-state index contributed by atoms with van der Waals surface area (Å²) in [6.07, 6.45) is 2.17. The van der Waals surface area contributed by atoms with Crippen LogP contribution in [-0.2, 0) is 16.6 Å². The molecule has 8 nitrogen and oxygen atoms in total. The number of halogens is 1. The van der Waals surface area contributed by atoms with Crippen LogP contribution in [0.25, 0.3) is 11.7 Å². The van der Waals surface area contributed by atoms with Gasteiger partial charge in [-0.05, 0) is 47.3 Å². The molecular formula is C15H21BrN4O4S. The zero-order chi connectivity index (χ0) is 17.9. The fourth-order valence-electron chi connectivity index (χ4n) is 2.83. The molecule has 0 aliphatic carbocycles. The van der Waals surface area contributed by atoms with Crippen molar-refractivity contribution in [3.05, 3.63) is 22.7 Å². The second-order valence-electron chi connectivity index (χ2n) is 6.09. The van der Waals surface area contributed by atoms with E-state index in [-0.39, 0.29) is 11.8 Å². The molecule has 1 N–H and O–H groups in total. The van der Waals surface area contributed by atoms with E-state index in [1.54, 1.807) is 12.1 Å². The highest BCUT2D eigenvalue weighted by molar-refractivity contribution is 9.10. The van der Waals surface area contributed by atoms with Gasteiger partial charge < -0.3 is 8.83 Å². The van der Waals surface area contributed by atoms with Gasteiger partial charge in [0.2, 0.25) is 15.9 Å². The predicted molar refractivity (Wildman–Crippen MR) is 95.2 cm³/mol. The molecule has 25 heavy (non-hydrogen) atoms. The molecule has 1 saturated heterocycles. The minimum Gasteiger partial charge on any atom is -0.444 e. The highest BCUT2D eigenvalue weighted by Crippen LogP contribution is 2.24. The van der Waals surface area contributed by atoms with E-state index in [0.29, 0.717) is 35.2 Å². The molecule has 0 radical (unpaired) electrons. The fourth-order valence-corrected chi connectivity index (χ4v) is 4.53. The van der Waals surface area contributed by atoms with E-state index in [2.05, 4.69) is 35.7 Å². The van der Waals surface area contributed by atoms with Crippen LogP contribution < -0.4 is 4.72 Å². The van der Waals surface area contributed by atoms with Crippen molar-refractivity contribution in [2.45, 2.75) is 38.8 Å². The lowest BCUT2D eigenvalue weighted by Gasteiger charge is -2.31. The number of hydrogen-bond donors (Lipinski definition) is 1. The van der Waals surface area contributed by atoms with Crippen molar-refractivity contribution >= 4 is 26.0 Å². The van der Waals surface area contributed by atoms with Gasteiger partial charge in [-0.3, -0.25) is 4.90 Å². The van der Waals surface area contributed by atoms with Gasteiger partial charge in [0.05, 0.1) is 12.3 Å². The first-order chi connectivity index (χ1) is 11.9. The first kappa shape index (κ1) is 18.6. The van der Waals surface area contributed by atoms with Gasteiger partial charge >= 0.3 is 0 Å². The first-order valence-corrected chi connectivity index (χ1v) is 10.7. The third-order valence-corrected chi connectivity index (χ3v) is 6.08. The smallest absolute Gasteiger partial charge is 0.283 e. The van der Waals surface area contributed by atoms with Crippen molar-refractivity contribution in [3.8, 4) is 11.7 Å². The minimum absolute atomic E-state index is 0.00603. The molecule has 138 valence electrons. The maximum Gasteiger partial charge on any atom is 0.283 e. The van der Waals surface area contributed by atoms with E-state index in [0.717, 1.165) is 25.9 Å². The highest BCUT2D eigenvalue weighted by atomic mass is 79.9. The van der Waals surface area contributed by atoms with Gasteiger partial charge in [-0.2, -0.15) is 0 Å². The third-order valence-electron chi connectivity index (χ3n) is 4.02. The Labute approximate surface area is 155 Å². The first-order valence-electron chi connectivity index (χ1n) is 8.25. The zero-order valence-electron chi connectivity index (χ0n) is 13.9. The van der Waals surface area contributed by atoms with E-state index >= 15 is 0 Å². The summed E-state index contributed by atoms with van der Waals surface area (Å²) in [7, 11) is -3.16. The second kappa shape index (κ2) is 7.98. The minimum atomic E-state index is -3.16. The summed E-state index contributed by atoms with van der Waals surface area (Å²) in [5.74, 6) is 1.58. The van der Waals surface area contributed by atoms with Crippen LogP contribution in [0.3, 0.4) is 0 Å². The molecular weight excluding hydrogens is 412 g/mol. The van der Waals surface area contributed by atoms with E-state index in [4.69, 9.17) is 8.83 Å². The van der Waals surface area contributed by atoms with Crippen LogP contribution in [0.2, 0.25) is 0 Å². The van der Waals surface area contributed by atoms with Gasteiger partial charge in [0.1, 0.15) is 0 Å². The van der Waals surface area contributed by atoms with Crippen LogP contribution in [0.1, 0.15) is 32.1 Å². The molecule has 0 bridgehead atoms. The molecule has 0 saturated carbocycles. The lowest BCUT2D eigenvalue weighted by molar-refractivity contribution is 0.184. The third kappa shape index (κ3) is 5.13. The largest absolute Gasteiger partial charge is 0.444 e. The molecule has 3 heterocycles. The van der Waals surface area contributed by atoms with Crippen molar-refractivity contribution in [3.63, 3.8) is 0 Å². The number of nitrogens with one attached hydrogen (secondary N) is 1. The monoisotopic (exact) mass is 432 g/mol. The van der Waals surface area contributed by atoms with Gasteiger partial charge in [0, 0.05) is 19.1 Å². The summed E-state index contributed by atoms with van der Waals surface area (Å²) in [4.78, 5) is 2.18. The van der Waals surface area contributed by atoms with Crippen LogP contribution in [-0.4, -0.2) is 48.4 Å². The van der Waals surface area contributed by atoms with Gasteiger partial charge in [0.15, 0.2) is 10.4 Å². The zero-order valence-corrected chi connectivity index (χ0v) is 16.3. The van der Waals surface area contributed by atoms with Gasteiger partial charge in [-0.15, -0.1) is 10.2 Å². The molecule has 0 atom stereocenters. The average Bonchev–Trinajstić information content (AvgIpc) is 3.18. The number of aromatic nitrogens is 2. The molecule has 1 aliphatic rings. The molecule has 1 fully saturated rings. The predicted octanol–water partition coefficient (Wildman–Crippen LogP) is 2.39. The summed E-state index contributed by atoms with van der Waals surface area (Å²) >= 11 is 3.24. The van der Waals surface area contributed by atoms with Crippen molar-refractivity contribution in [2.24, 2.45) is 0 Å². The van der Waals surface area contributed by atoms with Crippen molar-refractivity contribution in [1.29, 1.82) is 0 Å². The fraction of sp³-hybridized carbons (Fsp3) is 0.600. The normalized spacial score (nSPS) is 17.2. The van der Waals surface area contributed by atoms with E-state index < -0.39 is 10.0 Å². The molecule has 2 aromatic heterocycles. The Kier molecular flexibility index (Phi) is 5.92. The van der Waals surface area contributed by atoms with Crippen LogP contribution in [0.5, 0.6) is 0 Å². The second-order valence-corrected chi connectivity index (χ2v) is 8.75. The summed E-state index contributed by atoms with van der Waals surface area (Å²) < 4.78 is 38.1. The summed E-state index contributed by atoms with van der Waals surface area (Å²) in [6, 6.07) is 3.53. The van der Waals surface area contributed by atoms with E-state index in [9.17, 15) is 8.42 Å². The van der Waals surface area contributed by atoms with Crippen LogP contribution >= 0.6 is 15.9 Å². The number of rotatable bonds is 7. The highest BCUT2D eigenvalue weighted by Gasteiger charge is 2.24. The Morgan fingerprint density at radius 3 is 2.68 bits per heavy atom. The standard InChI is InChI=1S/C15H21BrN4O4S/c1-2-9-25(21,22)19-11-5-7-20(8-6-11)10-14-17-18-15(24-14)12-3-4-13(16)23-12/h3-4,11,19H,2,5-10H2,1H3. The summed E-state index contributed by atoms with van der Waals surface area (Å²) in [6.45, 7) is 3.97. The number of hydrogen-bond acceptors (Lipinski definition) is 7. The van der Waals surface area contributed by atoms with Crippen LogP contribution in [0.15, 0.2) is 25.6 Å². The van der Waals surface area contributed by atoms with Crippen molar-refractivity contribution in [2.75, 3.05) is 18.8 Å². The molecule has 1 aliphatic heterocycles. The molecule has 10 heteroatoms. The van der Waals surface area contributed by atoms with E-state index in [1.165, 1.54) is 0 Å². The van der Waals surface area contributed by atoms with Crippen LogP contribution in [0.4, 0.5) is 0 Å². The molecule has 0 spiro atoms. The average molecular weight is 433 g/mol. The Morgan fingerprint density at radius 1 is 1.28 bits per heavy atom. The van der Waals surface area contributed by atoms with Gasteiger partial charge in [-0.25, -0.2) is 13.1 Å². The Bertz CT molecular complexity index is 796. The van der Waals surface area contributed by atoms with Crippen molar-refractivity contribution in [1.82, 2.24) is 19.8 Å². The summed E-state index contributed by atoms with van der Waals surface area (Å²) in [5.41, 5.74) is 0. The molecule has 0 amide bonds. The Balaban J connectivity index is 1.50. The van der Waals surface area contributed by atoms with Gasteiger partial charge in [0.25, 0.3) is 5.89 Å². The van der Waals surface area contributed by atoms with Crippen molar-refractivity contribution < 1.29 is 17.3 Å². The van der Waals surface area contributed by atoms with Gasteiger partial charge in [-0.1, -0.05) is 6.92 Å². The SMILES string of the molecule is CCCS(=O)(=O)NC1CCN(Cc2nnc(-c3ccc(Br)o3)o2)CC1. The molecule has 0 unspecified atom stereocenters. The molecule has 0 aromatic carbocycles. The molecule has 2 aromatic rings. The quantitative estimate of drug-likeness (QED) is 0.716. The lowest BCUT2D eigenvalue weighted by Crippen LogP contribution is -2.44. The maximum absolute atomic E-state index is 11.8. The molecule has 3 rings (SSSR count). The number of nitrogens with zero attached hydrogens (tertiary/aromatic N) is 3. The number of piperidine rings is 1. The van der Waals surface area contributed by atoms with E-state index in [1.807, 2.05) is 6.92 Å². The Morgan fingerprint density at radius 2 is 2.04 bits per heavy atom. The number of likely N-dealkylation sites (tertiary alicyclic amines) is 1. The lowest BCUT2D eigenvalue weighted by atomic mass is 10.1. The number of sulfonamides is 1. The maximum atomic E-state index is 11.8. The Hall–Kier alpha value is -1.23. The topological polar surface area (TPSA) is 101 Å². The van der Waals surface area contributed by atoms with Crippen LogP contribution in [0, 0.1) is 0 Å². The number of furan rings is 1.